The van der Waals surface area contributed by atoms with Crippen molar-refractivity contribution < 1.29 is 9.90 Å². The predicted molar refractivity (Wildman–Crippen MR) is 84.1 cm³/mol. The van der Waals surface area contributed by atoms with Crippen LogP contribution in [-0.2, 0) is 0 Å². The predicted octanol–water partition coefficient (Wildman–Crippen LogP) is 2.51. The number of hydrogen-bond acceptors (Lipinski definition) is 3. The van der Waals surface area contributed by atoms with Crippen LogP contribution in [-0.4, -0.2) is 40.8 Å². The fraction of sp³-hybridized carbons (Fsp3) is 0.933. The minimum Gasteiger partial charge on any atom is -0.393 e. The summed E-state index contributed by atoms with van der Waals surface area (Å²) in [5, 5.41) is 16.4. The zero-order chi connectivity index (χ0) is 14.4. The van der Waals surface area contributed by atoms with Crippen molar-refractivity contribution in [2.45, 2.75) is 69.3 Å². The molecule has 4 nitrogen and oxygen atoms in total. The largest absolute Gasteiger partial charge is 0.393 e. The number of amides is 2. The number of carbonyl (C=O) groups excluding carboxylic acids is 1. The second kappa shape index (κ2) is 8.13. The highest BCUT2D eigenvalue weighted by molar-refractivity contribution is 7.99. The average Bonchev–Trinajstić information content (AvgIpc) is 2.84. The van der Waals surface area contributed by atoms with Crippen LogP contribution in [0.2, 0.25) is 0 Å². The molecule has 20 heavy (non-hydrogen) atoms. The summed E-state index contributed by atoms with van der Waals surface area (Å²) in [5.74, 6) is 1.60. The quantitative estimate of drug-likeness (QED) is 0.731. The highest BCUT2D eigenvalue weighted by Gasteiger charge is 2.26. The molecule has 0 aromatic rings. The van der Waals surface area contributed by atoms with E-state index >= 15 is 0 Å². The van der Waals surface area contributed by atoms with E-state index in [9.17, 15) is 9.90 Å². The number of aliphatic hydroxyl groups excluding tert-OH is 1. The standard InChI is InChI=1S/C15H28N2O2S/c1-2-20-14-7-6-12(9-14)17-15(19)16-10-11-4-3-5-13(18)8-11/h11-14,18H,2-10H2,1H3,(H2,16,17,19). The molecule has 0 aliphatic heterocycles. The maximum Gasteiger partial charge on any atom is 0.315 e. The molecule has 3 N–H and O–H groups in total. The number of nitrogens with one attached hydrogen (secondary N) is 2. The fourth-order valence-electron chi connectivity index (χ4n) is 3.38. The first-order valence-corrected chi connectivity index (χ1v) is 9.06. The van der Waals surface area contributed by atoms with Gasteiger partial charge in [0.1, 0.15) is 0 Å². The van der Waals surface area contributed by atoms with Crippen LogP contribution in [0.4, 0.5) is 4.79 Å². The number of thioether (sulfide) groups is 1. The van der Waals surface area contributed by atoms with Crippen LogP contribution in [0, 0.1) is 5.92 Å². The number of rotatable bonds is 5. The maximum absolute atomic E-state index is 11.9. The van der Waals surface area contributed by atoms with Crippen molar-refractivity contribution in [1.29, 1.82) is 0 Å². The maximum atomic E-state index is 11.9. The Hall–Kier alpha value is -0.420. The van der Waals surface area contributed by atoms with Crippen molar-refractivity contribution in [3.8, 4) is 0 Å². The van der Waals surface area contributed by atoms with Gasteiger partial charge in [-0.1, -0.05) is 13.3 Å². The molecule has 2 rings (SSSR count). The topological polar surface area (TPSA) is 61.4 Å². The molecule has 0 bridgehead atoms. The lowest BCUT2D eigenvalue weighted by atomic mass is 9.87. The van der Waals surface area contributed by atoms with E-state index in [0.29, 0.717) is 18.5 Å². The van der Waals surface area contributed by atoms with E-state index in [1.54, 1.807) is 0 Å². The van der Waals surface area contributed by atoms with Gasteiger partial charge in [-0.2, -0.15) is 11.8 Å². The van der Waals surface area contributed by atoms with E-state index in [4.69, 9.17) is 0 Å². The van der Waals surface area contributed by atoms with Crippen molar-refractivity contribution in [3.63, 3.8) is 0 Å². The molecular weight excluding hydrogens is 272 g/mol. The van der Waals surface area contributed by atoms with Crippen molar-refractivity contribution in [3.05, 3.63) is 0 Å². The first-order chi connectivity index (χ1) is 9.67. The van der Waals surface area contributed by atoms with Crippen molar-refractivity contribution in [2.24, 2.45) is 5.92 Å². The summed E-state index contributed by atoms with van der Waals surface area (Å²) >= 11 is 2.01. The second-order valence-corrected chi connectivity index (χ2v) is 7.71. The molecule has 2 saturated carbocycles. The Balaban J connectivity index is 1.61. The van der Waals surface area contributed by atoms with Gasteiger partial charge in [-0.15, -0.1) is 0 Å². The monoisotopic (exact) mass is 300 g/mol. The van der Waals surface area contributed by atoms with Gasteiger partial charge in [0, 0.05) is 17.8 Å². The molecule has 0 aromatic carbocycles. The van der Waals surface area contributed by atoms with Crippen LogP contribution in [0.5, 0.6) is 0 Å². The Bertz CT molecular complexity index is 314. The Morgan fingerprint density at radius 2 is 2.10 bits per heavy atom. The number of hydrogen-bond donors (Lipinski definition) is 3. The summed E-state index contributed by atoms with van der Waals surface area (Å²) in [6.07, 6.45) is 7.21. The zero-order valence-corrected chi connectivity index (χ0v) is 13.3. The molecule has 0 spiro atoms. The lowest BCUT2D eigenvalue weighted by Gasteiger charge is -2.26. The number of urea groups is 1. The Labute approximate surface area is 126 Å². The molecule has 116 valence electrons. The summed E-state index contributed by atoms with van der Waals surface area (Å²) in [4.78, 5) is 11.9. The van der Waals surface area contributed by atoms with E-state index in [-0.39, 0.29) is 12.1 Å². The van der Waals surface area contributed by atoms with Crippen LogP contribution < -0.4 is 10.6 Å². The van der Waals surface area contributed by atoms with Crippen LogP contribution in [0.15, 0.2) is 0 Å². The van der Waals surface area contributed by atoms with Gasteiger partial charge in [0.2, 0.25) is 0 Å². The van der Waals surface area contributed by atoms with Gasteiger partial charge in [-0.3, -0.25) is 0 Å². The van der Waals surface area contributed by atoms with Gasteiger partial charge in [0.05, 0.1) is 6.10 Å². The van der Waals surface area contributed by atoms with E-state index in [1.165, 1.54) is 6.42 Å². The molecule has 2 aliphatic rings. The van der Waals surface area contributed by atoms with Crippen molar-refractivity contribution >= 4 is 17.8 Å². The molecule has 2 fully saturated rings. The summed E-state index contributed by atoms with van der Waals surface area (Å²) in [6, 6.07) is 0.313. The third-order valence-electron chi connectivity index (χ3n) is 4.43. The van der Waals surface area contributed by atoms with E-state index in [2.05, 4.69) is 17.6 Å². The average molecular weight is 300 g/mol. The van der Waals surface area contributed by atoms with Gasteiger partial charge in [-0.05, 0) is 50.2 Å². The molecular formula is C15H28N2O2S. The second-order valence-electron chi connectivity index (χ2n) is 6.13. The highest BCUT2D eigenvalue weighted by Crippen LogP contribution is 2.29. The summed E-state index contributed by atoms with van der Waals surface area (Å²) in [5.41, 5.74) is 0. The normalized spacial score (nSPS) is 33.9. The summed E-state index contributed by atoms with van der Waals surface area (Å²) in [7, 11) is 0. The molecule has 0 heterocycles. The first-order valence-electron chi connectivity index (χ1n) is 8.01. The van der Waals surface area contributed by atoms with E-state index in [1.807, 2.05) is 11.8 Å². The third-order valence-corrected chi connectivity index (χ3v) is 5.66. The van der Waals surface area contributed by atoms with Crippen molar-refractivity contribution in [2.75, 3.05) is 12.3 Å². The SMILES string of the molecule is CCSC1CCC(NC(=O)NCC2CCCC(O)C2)C1. The van der Waals surface area contributed by atoms with E-state index < -0.39 is 0 Å². The van der Waals surface area contributed by atoms with Gasteiger partial charge in [-0.25, -0.2) is 4.79 Å². The Morgan fingerprint density at radius 3 is 2.85 bits per heavy atom. The Kier molecular flexibility index (Phi) is 6.49. The summed E-state index contributed by atoms with van der Waals surface area (Å²) in [6.45, 7) is 2.89. The molecule has 4 atom stereocenters. The highest BCUT2D eigenvalue weighted by atomic mass is 32.2. The Morgan fingerprint density at radius 1 is 1.25 bits per heavy atom. The van der Waals surface area contributed by atoms with Gasteiger partial charge in [0.25, 0.3) is 0 Å². The minimum absolute atomic E-state index is 0.0304. The fourth-order valence-corrected chi connectivity index (χ4v) is 4.52. The summed E-state index contributed by atoms with van der Waals surface area (Å²) < 4.78 is 0. The van der Waals surface area contributed by atoms with Gasteiger partial charge in [0.15, 0.2) is 0 Å². The smallest absolute Gasteiger partial charge is 0.315 e. The van der Waals surface area contributed by atoms with Gasteiger partial charge < -0.3 is 15.7 Å². The lowest BCUT2D eigenvalue weighted by Crippen LogP contribution is -2.43. The molecule has 2 amide bonds. The molecule has 2 aliphatic carbocycles. The van der Waals surface area contributed by atoms with Crippen LogP contribution in [0.3, 0.4) is 0 Å². The van der Waals surface area contributed by atoms with Crippen LogP contribution in [0.1, 0.15) is 51.9 Å². The minimum atomic E-state index is -0.166. The molecule has 5 heteroatoms. The van der Waals surface area contributed by atoms with Crippen LogP contribution >= 0.6 is 11.8 Å². The third kappa shape index (κ3) is 5.17. The lowest BCUT2D eigenvalue weighted by molar-refractivity contribution is 0.101. The number of carbonyl (C=O) groups is 1. The van der Waals surface area contributed by atoms with Gasteiger partial charge >= 0.3 is 6.03 Å². The molecule has 4 unspecified atom stereocenters. The molecule has 0 saturated heterocycles. The number of aliphatic hydroxyl groups is 1. The van der Waals surface area contributed by atoms with Crippen LogP contribution in [0.25, 0.3) is 0 Å². The first kappa shape index (κ1) is 16.0. The van der Waals surface area contributed by atoms with E-state index in [0.717, 1.165) is 49.5 Å². The molecule has 0 aromatic heterocycles. The molecule has 0 radical (unpaired) electrons. The van der Waals surface area contributed by atoms with Crippen molar-refractivity contribution in [1.82, 2.24) is 10.6 Å². The zero-order valence-electron chi connectivity index (χ0n) is 12.4.